The van der Waals surface area contributed by atoms with Crippen LogP contribution in [0.2, 0.25) is 12.1 Å². The molecular weight excluding hydrogens is 390 g/mol. The maximum absolute atomic E-state index is 11.2. The Balaban J connectivity index is 4.90. The van der Waals surface area contributed by atoms with E-state index in [1.54, 1.807) is 55.8 Å². The van der Waals surface area contributed by atoms with Gasteiger partial charge in [0.05, 0.1) is 0 Å². The first-order valence-electron chi connectivity index (χ1n) is 8.74. The van der Waals surface area contributed by atoms with Crippen molar-refractivity contribution in [3.05, 3.63) is 11.8 Å². The van der Waals surface area contributed by atoms with Crippen molar-refractivity contribution < 1.29 is 36.5 Å². The molecule has 0 aliphatic carbocycles. The molecule has 0 spiro atoms. The van der Waals surface area contributed by atoms with Gasteiger partial charge >= 0.3 is 23.6 Å². The molecular formula is C16H35NO8Si2. The smallest absolute Gasteiger partial charge is 0.478 e. The third kappa shape index (κ3) is 8.83. The summed E-state index contributed by atoms with van der Waals surface area (Å²) in [6.07, 6.45) is 3.15. The summed E-state index contributed by atoms with van der Waals surface area (Å²) in [6, 6.07) is 1.28. The van der Waals surface area contributed by atoms with Crippen LogP contribution >= 0.6 is 0 Å². The van der Waals surface area contributed by atoms with Gasteiger partial charge in [-0.2, -0.15) is 0 Å². The minimum Gasteiger partial charge on any atom is -0.478 e. The van der Waals surface area contributed by atoms with E-state index in [2.05, 4.69) is 0 Å². The highest BCUT2D eigenvalue weighted by molar-refractivity contribution is 6.60. The van der Waals surface area contributed by atoms with Gasteiger partial charge in [-0.1, -0.05) is 0 Å². The lowest BCUT2D eigenvalue weighted by Gasteiger charge is -2.28. The lowest BCUT2D eigenvalue weighted by atomic mass is 10.3. The molecule has 0 saturated heterocycles. The fraction of sp³-hybridized carbons (Fsp3) is 0.812. The molecule has 1 N–H and O–H groups in total. The molecule has 160 valence electrons. The molecule has 0 saturated carbocycles. The molecule has 0 unspecified atom stereocenters. The first-order chi connectivity index (χ1) is 12.8. The first kappa shape index (κ1) is 26.2. The summed E-state index contributed by atoms with van der Waals surface area (Å²) in [7, 11) is 4.19. The highest BCUT2D eigenvalue weighted by Crippen LogP contribution is 2.18. The molecule has 0 aromatic rings. The summed E-state index contributed by atoms with van der Waals surface area (Å²) in [4.78, 5) is 13.2. The van der Waals surface area contributed by atoms with Crippen LogP contribution in [0.25, 0.3) is 0 Å². The summed E-state index contributed by atoms with van der Waals surface area (Å²) < 4.78 is 32.6. The second-order valence-electron chi connectivity index (χ2n) is 5.95. The quantitative estimate of drug-likeness (QED) is 0.293. The highest BCUT2D eigenvalue weighted by atomic mass is 28.4. The topological polar surface area (TPSA) is 95.9 Å². The van der Waals surface area contributed by atoms with Crippen LogP contribution in [0, 0.1) is 0 Å². The summed E-state index contributed by atoms with van der Waals surface area (Å²) in [5.74, 6) is -0.941. The van der Waals surface area contributed by atoms with E-state index in [4.69, 9.17) is 31.7 Å². The average molecular weight is 426 g/mol. The average Bonchev–Trinajstić information content (AvgIpc) is 2.69. The third-order valence-corrected chi connectivity index (χ3v) is 10.1. The molecule has 0 aromatic carbocycles. The van der Waals surface area contributed by atoms with E-state index >= 15 is 0 Å². The largest absolute Gasteiger partial charge is 0.500 e. The Morgan fingerprint density at radius 2 is 1.15 bits per heavy atom. The molecule has 0 aliphatic heterocycles. The predicted octanol–water partition coefficient (Wildman–Crippen LogP) is 1.81. The predicted molar refractivity (Wildman–Crippen MR) is 105 cm³/mol. The summed E-state index contributed by atoms with van der Waals surface area (Å²) in [6.45, 7) is 2.88. The Bertz CT molecular complexity index is 413. The summed E-state index contributed by atoms with van der Waals surface area (Å²) in [5, 5.41) is 9.17. The number of rotatable bonds is 16. The SMILES string of the molecule is CO[Si](CCCN(C=C(C)C(=O)O)CCC[Si](OC)(OC)OC)(OC)OC. The number of carbonyl (C=O) groups is 1. The second-order valence-corrected chi connectivity index (χ2v) is 12.1. The minimum absolute atomic E-state index is 0.275. The number of nitrogens with zero attached hydrogens (tertiary/aromatic N) is 1. The van der Waals surface area contributed by atoms with Crippen LogP contribution in [0.5, 0.6) is 0 Å². The number of carboxylic acids is 1. The minimum atomic E-state index is -2.64. The van der Waals surface area contributed by atoms with E-state index in [9.17, 15) is 4.79 Å². The van der Waals surface area contributed by atoms with Crippen molar-refractivity contribution >= 4 is 23.6 Å². The molecule has 0 heterocycles. The molecule has 0 fully saturated rings. The van der Waals surface area contributed by atoms with Crippen molar-refractivity contribution in [1.82, 2.24) is 4.90 Å². The van der Waals surface area contributed by atoms with E-state index in [0.717, 1.165) is 12.8 Å². The molecule has 0 radical (unpaired) electrons. The van der Waals surface area contributed by atoms with Gasteiger partial charge in [0, 0.05) is 79.6 Å². The van der Waals surface area contributed by atoms with Crippen molar-refractivity contribution in [2.24, 2.45) is 0 Å². The van der Waals surface area contributed by atoms with Crippen LogP contribution in [0.3, 0.4) is 0 Å². The van der Waals surface area contributed by atoms with Gasteiger partial charge in [-0.25, -0.2) is 4.79 Å². The van der Waals surface area contributed by atoms with E-state index in [0.29, 0.717) is 25.2 Å². The molecule has 9 nitrogen and oxygen atoms in total. The molecule has 0 atom stereocenters. The van der Waals surface area contributed by atoms with Crippen molar-refractivity contribution in [1.29, 1.82) is 0 Å². The van der Waals surface area contributed by atoms with Gasteiger partial charge in [0.1, 0.15) is 0 Å². The van der Waals surface area contributed by atoms with Crippen LogP contribution in [0.15, 0.2) is 11.8 Å². The van der Waals surface area contributed by atoms with Crippen LogP contribution in [0.4, 0.5) is 0 Å². The zero-order valence-electron chi connectivity index (χ0n) is 17.6. The maximum atomic E-state index is 11.2. The number of aliphatic carboxylic acids is 1. The maximum Gasteiger partial charge on any atom is 0.500 e. The number of hydrogen-bond acceptors (Lipinski definition) is 8. The molecule has 11 heteroatoms. The van der Waals surface area contributed by atoms with Crippen LogP contribution in [0.1, 0.15) is 19.8 Å². The standard InChI is InChI=1S/C16H35NO8Si2/c1-15(16(18)19)14-17(10-8-12-26(20-2,21-3)22-4)11-9-13-27(23-5,24-6)25-7/h14H,8-13H2,1-7H3,(H,18,19). The summed E-state index contributed by atoms with van der Waals surface area (Å²) >= 11 is 0. The molecule has 0 rings (SSSR count). The van der Waals surface area contributed by atoms with E-state index in [1.165, 1.54) is 0 Å². The van der Waals surface area contributed by atoms with Crippen molar-refractivity contribution in [3.63, 3.8) is 0 Å². The van der Waals surface area contributed by atoms with Gasteiger partial charge in [-0.15, -0.1) is 0 Å². The third-order valence-electron chi connectivity index (χ3n) is 4.44. The molecule has 0 bridgehead atoms. The molecule has 0 aliphatic rings. The lowest BCUT2D eigenvalue weighted by Crippen LogP contribution is -2.43. The Hall–Kier alpha value is -0.796. The van der Waals surface area contributed by atoms with Crippen molar-refractivity contribution in [2.75, 3.05) is 55.7 Å². The molecule has 0 aromatic heterocycles. The molecule has 0 amide bonds. The van der Waals surface area contributed by atoms with E-state index in [-0.39, 0.29) is 5.57 Å². The number of carboxylic acid groups (broad SMARTS) is 1. The monoisotopic (exact) mass is 425 g/mol. The van der Waals surface area contributed by atoms with Gasteiger partial charge in [0.25, 0.3) is 0 Å². The van der Waals surface area contributed by atoms with Gasteiger partial charge in [0.15, 0.2) is 0 Å². The van der Waals surface area contributed by atoms with Crippen LogP contribution in [-0.2, 0) is 31.4 Å². The first-order valence-corrected chi connectivity index (χ1v) is 12.6. The normalized spacial score (nSPS) is 13.1. The molecule has 27 heavy (non-hydrogen) atoms. The Kier molecular flexibility index (Phi) is 13.0. The lowest BCUT2D eigenvalue weighted by molar-refractivity contribution is -0.132. The van der Waals surface area contributed by atoms with Crippen molar-refractivity contribution in [3.8, 4) is 0 Å². The fourth-order valence-electron chi connectivity index (χ4n) is 2.68. The van der Waals surface area contributed by atoms with E-state index in [1.807, 2.05) is 4.90 Å². The van der Waals surface area contributed by atoms with Crippen LogP contribution in [-0.4, -0.2) is 89.3 Å². The van der Waals surface area contributed by atoms with Gasteiger partial charge in [-0.3, -0.25) is 0 Å². The second kappa shape index (κ2) is 13.4. The van der Waals surface area contributed by atoms with Crippen molar-refractivity contribution in [2.45, 2.75) is 31.9 Å². The zero-order chi connectivity index (χ0) is 20.9. The zero-order valence-corrected chi connectivity index (χ0v) is 19.6. The summed E-state index contributed by atoms with van der Waals surface area (Å²) in [5.41, 5.74) is 0.275. The Morgan fingerprint density at radius 1 is 0.815 bits per heavy atom. The van der Waals surface area contributed by atoms with Gasteiger partial charge < -0.3 is 36.6 Å². The Morgan fingerprint density at radius 3 is 1.41 bits per heavy atom. The Labute approximate surface area is 164 Å². The van der Waals surface area contributed by atoms with Gasteiger partial charge in [-0.05, 0) is 19.8 Å². The van der Waals surface area contributed by atoms with E-state index < -0.39 is 23.6 Å². The number of hydrogen-bond donors (Lipinski definition) is 1. The van der Waals surface area contributed by atoms with Gasteiger partial charge in [0.2, 0.25) is 0 Å². The fourth-order valence-corrected chi connectivity index (χ4v) is 6.09. The highest BCUT2D eigenvalue weighted by Gasteiger charge is 2.38. The van der Waals surface area contributed by atoms with Crippen LogP contribution < -0.4 is 0 Å².